The van der Waals surface area contributed by atoms with Crippen molar-refractivity contribution in [1.82, 2.24) is 10.4 Å². The van der Waals surface area contributed by atoms with Crippen molar-refractivity contribution in [2.45, 2.75) is 6.92 Å². The van der Waals surface area contributed by atoms with Crippen LogP contribution in [-0.4, -0.2) is 17.1 Å². The van der Waals surface area contributed by atoms with Crippen molar-refractivity contribution in [2.75, 3.05) is 0 Å². The fraction of sp³-hybridized carbons (Fsp3) is 0.0455. The summed E-state index contributed by atoms with van der Waals surface area (Å²) < 4.78 is 0. The van der Waals surface area contributed by atoms with Gasteiger partial charge >= 0.3 is 0 Å². The topological polar surface area (TPSA) is 54.4 Å². The number of benzene rings is 3. The van der Waals surface area contributed by atoms with Crippen molar-refractivity contribution in [1.29, 1.82) is 0 Å². The summed E-state index contributed by atoms with van der Waals surface area (Å²) in [5.41, 5.74) is 6.20. The molecule has 1 heterocycles. The van der Waals surface area contributed by atoms with Gasteiger partial charge in [0.15, 0.2) is 0 Å². The molecule has 26 heavy (non-hydrogen) atoms. The third-order valence-corrected chi connectivity index (χ3v) is 4.41. The third kappa shape index (κ3) is 2.93. The lowest BCUT2D eigenvalue weighted by molar-refractivity contribution is 0.0957. The van der Waals surface area contributed by atoms with Gasteiger partial charge in [-0.1, -0.05) is 54.6 Å². The Labute approximate surface area is 151 Å². The molecule has 4 rings (SSSR count). The first-order valence-electron chi connectivity index (χ1n) is 8.39. The zero-order valence-corrected chi connectivity index (χ0v) is 14.3. The largest absolute Gasteiger partial charge is 0.271 e. The Bertz CT molecular complexity index is 1140. The van der Waals surface area contributed by atoms with Crippen LogP contribution in [0.4, 0.5) is 0 Å². The van der Waals surface area contributed by atoms with E-state index in [1.54, 1.807) is 18.5 Å². The van der Waals surface area contributed by atoms with Gasteiger partial charge in [-0.3, -0.25) is 9.78 Å². The van der Waals surface area contributed by atoms with E-state index in [1.165, 1.54) is 0 Å². The average Bonchev–Trinajstić information content (AvgIpc) is 2.69. The summed E-state index contributed by atoms with van der Waals surface area (Å²) in [5.74, 6) is -0.229. The highest BCUT2D eigenvalue weighted by molar-refractivity contribution is 6.07. The number of hydrogen-bond donors (Lipinski definition) is 1. The first kappa shape index (κ1) is 16.0. The summed E-state index contributed by atoms with van der Waals surface area (Å²) in [6.45, 7) is 2.03. The highest BCUT2D eigenvalue weighted by atomic mass is 16.2. The number of aryl methyl sites for hydroxylation is 1. The van der Waals surface area contributed by atoms with Gasteiger partial charge in [0.1, 0.15) is 0 Å². The minimum Gasteiger partial charge on any atom is -0.267 e. The fourth-order valence-electron chi connectivity index (χ4n) is 3.09. The van der Waals surface area contributed by atoms with Crippen molar-refractivity contribution in [3.05, 3.63) is 89.6 Å². The number of hydrazone groups is 1. The number of hydrogen-bond acceptors (Lipinski definition) is 3. The number of rotatable bonds is 3. The molecule has 0 saturated carbocycles. The Morgan fingerprint density at radius 2 is 1.77 bits per heavy atom. The molecule has 0 atom stereocenters. The van der Waals surface area contributed by atoms with E-state index >= 15 is 0 Å². The van der Waals surface area contributed by atoms with Crippen molar-refractivity contribution in [2.24, 2.45) is 5.10 Å². The number of nitrogens with one attached hydrogen (secondary N) is 1. The van der Waals surface area contributed by atoms with Crippen LogP contribution in [0.1, 0.15) is 21.5 Å². The number of carbonyl (C=O) groups excluding carboxylic acids is 1. The number of carbonyl (C=O) groups is 1. The zero-order chi connectivity index (χ0) is 17.9. The van der Waals surface area contributed by atoms with Gasteiger partial charge in [-0.05, 0) is 35.4 Å². The van der Waals surface area contributed by atoms with Crippen molar-refractivity contribution >= 4 is 33.8 Å². The van der Waals surface area contributed by atoms with Crippen LogP contribution in [0, 0.1) is 6.92 Å². The van der Waals surface area contributed by atoms with Gasteiger partial charge in [-0.2, -0.15) is 5.10 Å². The van der Waals surface area contributed by atoms with Crippen molar-refractivity contribution in [3.8, 4) is 0 Å². The van der Waals surface area contributed by atoms with Crippen LogP contribution >= 0.6 is 0 Å². The summed E-state index contributed by atoms with van der Waals surface area (Å²) >= 11 is 0. The molecule has 4 heteroatoms. The van der Waals surface area contributed by atoms with E-state index in [0.717, 1.165) is 32.8 Å². The molecule has 0 unspecified atom stereocenters. The number of amides is 1. The van der Waals surface area contributed by atoms with Gasteiger partial charge in [0.05, 0.1) is 11.7 Å². The molecule has 0 saturated heterocycles. The molecule has 0 spiro atoms. The first-order valence-corrected chi connectivity index (χ1v) is 8.39. The van der Waals surface area contributed by atoms with Crippen LogP contribution in [0.3, 0.4) is 0 Å². The molecule has 0 bridgehead atoms. The molecule has 0 aliphatic heterocycles. The molecule has 3 aromatic carbocycles. The molecule has 126 valence electrons. The lowest BCUT2D eigenvalue weighted by atomic mass is 10.0. The van der Waals surface area contributed by atoms with E-state index in [9.17, 15) is 4.79 Å². The van der Waals surface area contributed by atoms with E-state index in [4.69, 9.17) is 0 Å². The van der Waals surface area contributed by atoms with Gasteiger partial charge in [-0.15, -0.1) is 0 Å². The maximum absolute atomic E-state index is 12.5. The quantitative estimate of drug-likeness (QED) is 0.442. The second-order valence-electron chi connectivity index (χ2n) is 6.10. The van der Waals surface area contributed by atoms with Gasteiger partial charge in [0.25, 0.3) is 5.91 Å². The van der Waals surface area contributed by atoms with Crippen molar-refractivity contribution in [3.63, 3.8) is 0 Å². The predicted octanol–water partition coefficient (Wildman–Crippen LogP) is 4.46. The Morgan fingerprint density at radius 3 is 2.69 bits per heavy atom. The molecule has 4 nitrogen and oxygen atoms in total. The lowest BCUT2D eigenvalue weighted by Gasteiger charge is -2.06. The first-order chi connectivity index (χ1) is 12.7. The SMILES string of the molecule is Cc1ccc(/C=N/NC(=O)c2cccc3ccccc23)c2cccnc12. The summed E-state index contributed by atoms with van der Waals surface area (Å²) in [4.78, 5) is 16.9. The predicted molar refractivity (Wildman–Crippen MR) is 105 cm³/mol. The molecule has 1 N–H and O–H groups in total. The second-order valence-corrected chi connectivity index (χ2v) is 6.10. The standard InChI is InChI=1S/C22H17N3O/c1-15-11-12-17(19-10-5-13-23-21(15)19)14-24-25-22(26)20-9-4-7-16-6-2-3-8-18(16)20/h2-14H,1H3,(H,25,26)/b24-14+. The molecule has 0 fully saturated rings. The number of aromatic nitrogens is 1. The molecular weight excluding hydrogens is 322 g/mol. The molecule has 1 amide bonds. The number of fused-ring (bicyclic) bond motifs is 2. The molecule has 1 aromatic heterocycles. The van der Waals surface area contributed by atoms with E-state index in [1.807, 2.05) is 67.6 Å². The second kappa shape index (κ2) is 6.76. The van der Waals surface area contributed by atoms with Crippen LogP contribution in [0.5, 0.6) is 0 Å². The minimum absolute atomic E-state index is 0.229. The molecule has 4 aromatic rings. The van der Waals surface area contributed by atoms with Crippen LogP contribution in [0.25, 0.3) is 21.7 Å². The maximum Gasteiger partial charge on any atom is 0.271 e. The summed E-state index contributed by atoms with van der Waals surface area (Å²) in [6, 6.07) is 21.4. The normalized spacial score (nSPS) is 11.3. The van der Waals surface area contributed by atoms with Crippen LogP contribution in [0.15, 0.2) is 78.0 Å². The molecule has 0 aliphatic rings. The number of nitrogens with zero attached hydrogens (tertiary/aromatic N) is 2. The Balaban J connectivity index is 1.61. The van der Waals surface area contributed by atoms with Crippen LogP contribution in [-0.2, 0) is 0 Å². The van der Waals surface area contributed by atoms with Gasteiger partial charge in [0.2, 0.25) is 0 Å². The number of pyridine rings is 1. The van der Waals surface area contributed by atoms with Crippen LogP contribution in [0.2, 0.25) is 0 Å². The summed E-state index contributed by atoms with van der Waals surface area (Å²) in [7, 11) is 0. The minimum atomic E-state index is -0.229. The van der Waals surface area contributed by atoms with E-state index in [-0.39, 0.29) is 5.91 Å². The molecule has 0 radical (unpaired) electrons. The maximum atomic E-state index is 12.5. The van der Waals surface area contributed by atoms with Gasteiger partial charge < -0.3 is 0 Å². The smallest absolute Gasteiger partial charge is 0.267 e. The Hall–Kier alpha value is -3.53. The fourth-order valence-corrected chi connectivity index (χ4v) is 3.09. The third-order valence-electron chi connectivity index (χ3n) is 4.41. The highest BCUT2D eigenvalue weighted by Crippen LogP contribution is 2.20. The Morgan fingerprint density at radius 1 is 0.962 bits per heavy atom. The van der Waals surface area contributed by atoms with E-state index in [2.05, 4.69) is 15.5 Å². The average molecular weight is 339 g/mol. The van der Waals surface area contributed by atoms with Gasteiger partial charge in [0, 0.05) is 22.7 Å². The lowest BCUT2D eigenvalue weighted by Crippen LogP contribution is -2.17. The van der Waals surface area contributed by atoms with E-state index < -0.39 is 0 Å². The van der Waals surface area contributed by atoms with Gasteiger partial charge in [-0.25, -0.2) is 5.43 Å². The Kier molecular flexibility index (Phi) is 4.15. The van der Waals surface area contributed by atoms with E-state index in [0.29, 0.717) is 5.56 Å². The monoisotopic (exact) mass is 339 g/mol. The summed E-state index contributed by atoms with van der Waals surface area (Å²) in [6.07, 6.45) is 3.44. The summed E-state index contributed by atoms with van der Waals surface area (Å²) in [5, 5.41) is 7.10. The van der Waals surface area contributed by atoms with Crippen molar-refractivity contribution < 1.29 is 4.79 Å². The van der Waals surface area contributed by atoms with Crippen LogP contribution < -0.4 is 5.43 Å². The molecular formula is C22H17N3O. The zero-order valence-electron chi connectivity index (χ0n) is 14.3. The molecule has 0 aliphatic carbocycles. The highest BCUT2D eigenvalue weighted by Gasteiger charge is 2.08.